The number of pyridine rings is 1. The molecule has 1 atom stereocenters. The highest BCUT2D eigenvalue weighted by molar-refractivity contribution is 7.92. The molecular formula is C17H21N9O5S2. The third-order valence-electron chi connectivity index (χ3n) is 5.04. The van der Waals surface area contributed by atoms with E-state index in [1.807, 2.05) is 6.07 Å². The van der Waals surface area contributed by atoms with E-state index in [1.54, 1.807) is 17.2 Å². The molecule has 33 heavy (non-hydrogen) atoms. The Kier molecular flexibility index (Phi) is 6.12. The summed E-state index contributed by atoms with van der Waals surface area (Å²) < 4.78 is 53.6. The number of fused-ring (bicyclic) bond motifs is 1. The Labute approximate surface area is 189 Å². The maximum atomic E-state index is 13.0. The van der Waals surface area contributed by atoms with Crippen LogP contribution >= 0.6 is 0 Å². The molecule has 0 radical (unpaired) electrons. The maximum absolute atomic E-state index is 13.0. The number of nitrogens with zero attached hydrogens (tertiary/aromatic N) is 5. The van der Waals surface area contributed by atoms with Crippen molar-refractivity contribution in [1.82, 2.24) is 30.3 Å². The highest BCUT2D eigenvalue weighted by Crippen LogP contribution is 2.42. The van der Waals surface area contributed by atoms with Crippen LogP contribution in [0.5, 0.6) is 0 Å². The van der Waals surface area contributed by atoms with Gasteiger partial charge in [0, 0.05) is 25.8 Å². The summed E-state index contributed by atoms with van der Waals surface area (Å²) in [6.07, 6.45) is 1.07. The Hall–Kier alpha value is -3.02. The first-order chi connectivity index (χ1) is 15.6. The number of H-pyrrole nitrogens is 1. The van der Waals surface area contributed by atoms with Crippen LogP contribution in [0.15, 0.2) is 40.3 Å². The van der Waals surface area contributed by atoms with E-state index >= 15 is 0 Å². The summed E-state index contributed by atoms with van der Waals surface area (Å²) in [5.41, 5.74) is 6.39. The summed E-state index contributed by atoms with van der Waals surface area (Å²) in [6.45, 7) is -0.168. The Morgan fingerprint density at radius 3 is 2.70 bits per heavy atom. The van der Waals surface area contributed by atoms with E-state index in [2.05, 4.69) is 30.3 Å². The summed E-state index contributed by atoms with van der Waals surface area (Å²) in [5, 5.41) is 28.6. The van der Waals surface area contributed by atoms with Gasteiger partial charge in [-0.1, -0.05) is 6.07 Å². The highest BCUT2D eigenvalue weighted by atomic mass is 32.2. The Balaban J connectivity index is 1.97. The number of anilines is 2. The van der Waals surface area contributed by atoms with Gasteiger partial charge in [0.15, 0.2) is 0 Å². The first kappa shape index (κ1) is 23.1. The fourth-order valence-corrected chi connectivity index (χ4v) is 6.23. The first-order valence-corrected chi connectivity index (χ1v) is 12.7. The smallest absolute Gasteiger partial charge is 0.242 e. The number of benzene rings is 1. The lowest BCUT2D eigenvalue weighted by atomic mass is 10.1. The van der Waals surface area contributed by atoms with Gasteiger partial charge in [0.2, 0.25) is 25.9 Å². The van der Waals surface area contributed by atoms with Crippen molar-refractivity contribution in [3.05, 3.63) is 36.0 Å². The number of hydrogen-bond donors (Lipinski definition) is 5. The molecule has 1 aromatic carbocycles. The molecule has 7 N–H and O–H groups in total. The van der Waals surface area contributed by atoms with E-state index in [1.165, 1.54) is 6.07 Å². The minimum absolute atomic E-state index is 0.146. The Morgan fingerprint density at radius 2 is 2.03 bits per heavy atom. The van der Waals surface area contributed by atoms with Gasteiger partial charge in [0.05, 0.1) is 17.4 Å². The number of nitrogens with one attached hydrogen (secondary N) is 2. The average molecular weight is 496 g/mol. The second-order valence-corrected chi connectivity index (χ2v) is 10.4. The van der Waals surface area contributed by atoms with Gasteiger partial charge in [0.25, 0.3) is 0 Å². The van der Waals surface area contributed by atoms with E-state index < -0.39 is 42.5 Å². The molecule has 176 valence electrons. The molecule has 2 aromatic heterocycles. The lowest BCUT2D eigenvalue weighted by Gasteiger charge is -2.23. The number of nitrogens with two attached hydrogens (primary N) is 2. The summed E-state index contributed by atoms with van der Waals surface area (Å²) in [4.78, 5) is 4.77. The van der Waals surface area contributed by atoms with Gasteiger partial charge in [0.1, 0.15) is 15.6 Å². The largest absolute Gasteiger partial charge is 0.390 e. The van der Waals surface area contributed by atoms with Gasteiger partial charge in [-0.15, -0.1) is 10.2 Å². The van der Waals surface area contributed by atoms with Crippen LogP contribution in [-0.2, 0) is 26.5 Å². The number of hydrogen-bond acceptors (Lipinski definition) is 11. The quantitative estimate of drug-likeness (QED) is 0.234. The van der Waals surface area contributed by atoms with Gasteiger partial charge < -0.3 is 15.7 Å². The Morgan fingerprint density at radius 1 is 1.24 bits per heavy atom. The van der Waals surface area contributed by atoms with Crippen molar-refractivity contribution >= 4 is 31.6 Å². The van der Waals surface area contributed by atoms with E-state index in [4.69, 9.17) is 10.9 Å². The third kappa shape index (κ3) is 4.43. The lowest BCUT2D eigenvalue weighted by molar-refractivity contribution is 0.186. The third-order valence-corrected chi connectivity index (χ3v) is 7.63. The molecule has 3 aromatic rings. The number of aliphatic hydroxyl groups is 1. The van der Waals surface area contributed by atoms with Crippen molar-refractivity contribution in [2.24, 2.45) is 10.9 Å². The number of aliphatic hydroxyl groups excluding tert-OH is 1. The van der Waals surface area contributed by atoms with Crippen LogP contribution in [0.25, 0.3) is 11.4 Å². The summed E-state index contributed by atoms with van der Waals surface area (Å²) >= 11 is 0. The van der Waals surface area contributed by atoms with Crippen molar-refractivity contribution in [2.75, 3.05) is 24.5 Å². The molecule has 4 rings (SSSR count). The molecule has 0 amide bonds. The molecule has 0 unspecified atom stereocenters. The molecule has 14 nitrogen and oxygen atoms in total. The molecule has 3 heterocycles. The van der Waals surface area contributed by atoms with Crippen LogP contribution in [0.3, 0.4) is 0 Å². The molecule has 1 aliphatic heterocycles. The van der Waals surface area contributed by atoms with Gasteiger partial charge in [-0.3, -0.25) is 0 Å². The molecule has 1 aliphatic rings. The van der Waals surface area contributed by atoms with Crippen LogP contribution in [0.1, 0.15) is 5.56 Å². The minimum atomic E-state index is -4.62. The van der Waals surface area contributed by atoms with Crippen molar-refractivity contribution in [1.29, 1.82) is 0 Å². The number of rotatable bonds is 8. The van der Waals surface area contributed by atoms with Crippen LogP contribution in [0, 0.1) is 0 Å². The molecular weight excluding hydrogens is 474 g/mol. The van der Waals surface area contributed by atoms with Crippen LogP contribution < -0.4 is 20.5 Å². The van der Waals surface area contributed by atoms with Crippen molar-refractivity contribution in [3.8, 4) is 11.4 Å². The van der Waals surface area contributed by atoms with E-state index in [0.717, 1.165) is 11.6 Å². The second-order valence-electron chi connectivity index (χ2n) is 7.20. The monoisotopic (exact) mass is 495 g/mol. The number of aromatic amines is 1. The summed E-state index contributed by atoms with van der Waals surface area (Å²) in [7, 11) is -9.06. The molecule has 0 aliphatic carbocycles. The van der Waals surface area contributed by atoms with Gasteiger partial charge in [-0.05, 0) is 35.4 Å². The van der Waals surface area contributed by atoms with E-state index in [-0.39, 0.29) is 17.9 Å². The van der Waals surface area contributed by atoms with Crippen molar-refractivity contribution < 1.29 is 21.9 Å². The first-order valence-electron chi connectivity index (χ1n) is 9.66. The minimum Gasteiger partial charge on any atom is -0.390 e. The molecule has 0 saturated heterocycles. The van der Waals surface area contributed by atoms with Crippen molar-refractivity contribution in [3.63, 3.8) is 0 Å². The van der Waals surface area contributed by atoms with Gasteiger partial charge >= 0.3 is 0 Å². The van der Waals surface area contributed by atoms with Gasteiger partial charge in [-0.25, -0.2) is 31.7 Å². The van der Waals surface area contributed by atoms with Crippen LogP contribution in [0.2, 0.25) is 0 Å². The molecule has 16 heteroatoms. The predicted molar refractivity (Wildman–Crippen MR) is 116 cm³/mol. The second kappa shape index (κ2) is 8.73. The number of primary sulfonamides is 1. The van der Waals surface area contributed by atoms with E-state index in [9.17, 15) is 21.9 Å². The standard InChI is InChI=1S/C17H21N9O5S2/c18-8-11(27)9-21-33(30,31)13-4-3-12(26-7-5-10-2-1-6-20-17(10)26)14(15(13)32(19,28)29)16-22-24-25-23-16/h1-4,6,11,21,27H,5,7-9,18H2,(H2,19,28,29)(H,22,23,24,25)/t11-/m1/s1. The number of sulfonamides is 2. The molecule has 0 spiro atoms. The lowest BCUT2D eigenvalue weighted by Crippen LogP contribution is -2.37. The van der Waals surface area contributed by atoms with Crippen LogP contribution in [0.4, 0.5) is 11.5 Å². The SMILES string of the molecule is NC[C@@H](O)CNS(=O)(=O)c1ccc(N2CCc3cccnc32)c(-c2nn[nH]n2)c1S(N)(=O)=O. The van der Waals surface area contributed by atoms with E-state index in [0.29, 0.717) is 24.5 Å². The number of aromatic nitrogens is 5. The summed E-state index contributed by atoms with van der Waals surface area (Å²) in [5.74, 6) is 0.417. The zero-order chi connectivity index (χ0) is 23.8. The average Bonchev–Trinajstić information content (AvgIpc) is 3.46. The maximum Gasteiger partial charge on any atom is 0.242 e. The molecule has 0 saturated carbocycles. The molecule has 0 fully saturated rings. The fourth-order valence-electron chi connectivity index (χ4n) is 3.56. The fraction of sp³-hybridized carbons (Fsp3) is 0.294. The zero-order valence-electron chi connectivity index (χ0n) is 17.1. The predicted octanol–water partition coefficient (Wildman–Crippen LogP) is -1.80. The van der Waals surface area contributed by atoms with Crippen LogP contribution in [-0.4, -0.2) is 73.3 Å². The highest BCUT2D eigenvalue weighted by Gasteiger charge is 2.35. The van der Waals surface area contributed by atoms with Gasteiger partial charge in [-0.2, -0.15) is 5.21 Å². The summed E-state index contributed by atoms with van der Waals surface area (Å²) in [6, 6.07) is 6.23. The zero-order valence-corrected chi connectivity index (χ0v) is 18.7. The normalized spacial score (nSPS) is 14.9. The van der Waals surface area contributed by atoms with Crippen molar-refractivity contribution in [2.45, 2.75) is 22.3 Å². The number of tetrazole rings is 1. The molecule has 0 bridgehead atoms. The topological polar surface area (TPSA) is 223 Å². The Bertz CT molecular complexity index is 1380.